The van der Waals surface area contributed by atoms with Crippen LogP contribution in [0.25, 0.3) is 0 Å². The molecule has 1 aromatic carbocycles. The molecule has 2 N–H and O–H groups in total. The van der Waals surface area contributed by atoms with Crippen LogP contribution in [0.3, 0.4) is 0 Å². The summed E-state index contributed by atoms with van der Waals surface area (Å²) in [4.78, 5) is 0. The number of aliphatic hydroxyl groups excluding tert-OH is 1. The normalized spacial score (nSPS) is 29.2. The van der Waals surface area contributed by atoms with Gasteiger partial charge in [-0.3, -0.25) is 0 Å². The zero-order valence-corrected chi connectivity index (χ0v) is 11.0. The summed E-state index contributed by atoms with van der Waals surface area (Å²) < 4.78 is 0. The Morgan fingerprint density at radius 3 is 2.41 bits per heavy atom. The predicted molar refractivity (Wildman–Crippen MR) is 71.5 cm³/mol. The number of hydrogen-bond acceptors (Lipinski definition) is 2. The van der Waals surface area contributed by atoms with E-state index in [1.807, 2.05) is 19.2 Å². The molecule has 0 unspecified atom stereocenters. The number of rotatable bonds is 3. The quantitative estimate of drug-likeness (QED) is 0.868. The van der Waals surface area contributed by atoms with Gasteiger partial charge in [0.05, 0.1) is 6.10 Å². The molecule has 0 saturated heterocycles. The highest BCUT2D eigenvalue weighted by Crippen LogP contribution is 2.39. The van der Waals surface area contributed by atoms with Crippen LogP contribution in [0.2, 0.25) is 5.02 Å². The number of hydrogen-bond donors (Lipinski definition) is 2. The van der Waals surface area contributed by atoms with Gasteiger partial charge in [0, 0.05) is 17.0 Å². The Bertz CT molecular complexity index is 355. The third-order valence-electron chi connectivity index (χ3n) is 3.88. The smallest absolute Gasteiger partial charge is 0.0541 e. The van der Waals surface area contributed by atoms with Crippen molar-refractivity contribution in [3.63, 3.8) is 0 Å². The first-order chi connectivity index (χ1) is 8.16. The number of likely N-dealkylation sites (N-methyl/N-ethyl adjacent to an activating group) is 1. The molecular formula is C14H20ClNO. The van der Waals surface area contributed by atoms with Crippen molar-refractivity contribution in [1.82, 2.24) is 5.32 Å². The van der Waals surface area contributed by atoms with Crippen LogP contribution in [0.4, 0.5) is 0 Å². The summed E-state index contributed by atoms with van der Waals surface area (Å²) in [6.45, 7) is 0.960. The van der Waals surface area contributed by atoms with E-state index in [1.54, 1.807) is 0 Å². The van der Waals surface area contributed by atoms with Crippen LogP contribution in [0.1, 0.15) is 31.2 Å². The molecule has 0 heterocycles. The summed E-state index contributed by atoms with van der Waals surface area (Å²) in [6.07, 6.45) is 3.74. The molecule has 94 valence electrons. The second kappa shape index (κ2) is 5.38. The van der Waals surface area contributed by atoms with Crippen molar-refractivity contribution in [2.75, 3.05) is 13.6 Å². The van der Waals surface area contributed by atoms with E-state index < -0.39 is 0 Å². The molecule has 1 aromatic rings. The van der Waals surface area contributed by atoms with Crippen LogP contribution in [-0.2, 0) is 5.41 Å². The molecule has 0 spiro atoms. The Kier molecular flexibility index (Phi) is 4.08. The minimum absolute atomic E-state index is 0.118. The summed E-state index contributed by atoms with van der Waals surface area (Å²) in [5.74, 6) is 0. The number of nitrogens with one attached hydrogen (secondary N) is 1. The molecule has 0 aromatic heterocycles. The van der Waals surface area contributed by atoms with Gasteiger partial charge in [-0.25, -0.2) is 0 Å². The fraction of sp³-hybridized carbons (Fsp3) is 0.571. The third kappa shape index (κ3) is 2.82. The number of aliphatic hydroxyl groups is 1. The first kappa shape index (κ1) is 12.9. The minimum Gasteiger partial charge on any atom is -0.393 e. The predicted octanol–water partition coefficient (Wildman–Crippen LogP) is 2.73. The van der Waals surface area contributed by atoms with Crippen LogP contribution in [0.5, 0.6) is 0 Å². The Hall–Kier alpha value is -0.570. The average Bonchev–Trinajstić information content (AvgIpc) is 2.34. The SMILES string of the molecule is CNCC1(c2ccc(Cl)cc2)CCC(O)CC1. The largest absolute Gasteiger partial charge is 0.393 e. The molecule has 3 heteroatoms. The molecule has 1 aliphatic carbocycles. The molecule has 1 fully saturated rings. The topological polar surface area (TPSA) is 32.3 Å². The average molecular weight is 254 g/mol. The zero-order valence-electron chi connectivity index (χ0n) is 10.2. The molecule has 2 rings (SSSR count). The summed E-state index contributed by atoms with van der Waals surface area (Å²) >= 11 is 5.94. The molecule has 1 saturated carbocycles. The zero-order chi connectivity index (χ0) is 12.3. The van der Waals surface area contributed by atoms with Gasteiger partial charge in [0.2, 0.25) is 0 Å². The van der Waals surface area contributed by atoms with Crippen molar-refractivity contribution in [3.8, 4) is 0 Å². The Morgan fingerprint density at radius 2 is 1.88 bits per heavy atom. The van der Waals surface area contributed by atoms with E-state index in [0.29, 0.717) is 0 Å². The van der Waals surface area contributed by atoms with E-state index in [4.69, 9.17) is 11.6 Å². The molecule has 2 nitrogen and oxygen atoms in total. The summed E-state index contributed by atoms with van der Waals surface area (Å²) in [7, 11) is 1.99. The summed E-state index contributed by atoms with van der Waals surface area (Å²) in [5.41, 5.74) is 1.50. The van der Waals surface area contributed by atoms with Gasteiger partial charge in [-0.05, 0) is 50.4 Å². The first-order valence-corrected chi connectivity index (χ1v) is 6.63. The molecule has 0 bridgehead atoms. The van der Waals surface area contributed by atoms with Gasteiger partial charge >= 0.3 is 0 Å². The van der Waals surface area contributed by atoms with E-state index in [0.717, 1.165) is 37.3 Å². The molecule has 0 amide bonds. The van der Waals surface area contributed by atoms with Crippen LogP contribution in [-0.4, -0.2) is 24.8 Å². The maximum absolute atomic E-state index is 9.66. The van der Waals surface area contributed by atoms with Crippen LogP contribution in [0, 0.1) is 0 Å². The highest BCUT2D eigenvalue weighted by Gasteiger charge is 2.35. The van der Waals surface area contributed by atoms with Crippen molar-refractivity contribution in [3.05, 3.63) is 34.9 Å². The van der Waals surface area contributed by atoms with Gasteiger partial charge in [-0.15, -0.1) is 0 Å². The fourth-order valence-corrected chi connectivity index (χ4v) is 2.99. The van der Waals surface area contributed by atoms with E-state index in [-0.39, 0.29) is 11.5 Å². The molecule has 0 aliphatic heterocycles. The highest BCUT2D eigenvalue weighted by atomic mass is 35.5. The first-order valence-electron chi connectivity index (χ1n) is 6.25. The molecule has 17 heavy (non-hydrogen) atoms. The Morgan fingerprint density at radius 1 is 1.29 bits per heavy atom. The lowest BCUT2D eigenvalue weighted by Crippen LogP contribution is -2.41. The standard InChI is InChI=1S/C14H20ClNO/c1-16-10-14(8-6-13(17)7-9-14)11-2-4-12(15)5-3-11/h2-5,13,16-17H,6-10H2,1H3. The van der Waals surface area contributed by atoms with E-state index in [2.05, 4.69) is 17.4 Å². The van der Waals surface area contributed by atoms with Crippen LogP contribution < -0.4 is 5.32 Å². The monoisotopic (exact) mass is 253 g/mol. The van der Waals surface area contributed by atoms with Crippen LogP contribution in [0.15, 0.2) is 24.3 Å². The van der Waals surface area contributed by atoms with Gasteiger partial charge in [-0.2, -0.15) is 0 Å². The highest BCUT2D eigenvalue weighted by molar-refractivity contribution is 6.30. The van der Waals surface area contributed by atoms with Gasteiger partial charge in [0.15, 0.2) is 0 Å². The van der Waals surface area contributed by atoms with Crippen molar-refractivity contribution in [1.29, 1.82) is 0 Å². The van der Waals surface area contributed by atoms with E-state index in [9.17, 15) is 5.11 Å². The molecule has 1 aliphatic rings. The lowest BCUT2D eigenvalue weighted by atomic mass is 9.68. The molecule has 0 radical (unpaired) electrons. The summed E-state index contributed by atoms with van der Waals surface area (Å²) in [5, 5.41) is 13.7. The van der Waals surface area contributed by atoms with Gasteiger partial charge in [-0.1, -0.05) is 23.7 Å². The van der Waals surface area contributed by atoms with Crippen molar-refractivity contribution < 1.29 is 5.11 Å². The lowest BCUT2D eigenvalue weighted by molar-refractivity contribution is 0.0952. The van der Waals surface area contributed by atoms with Crippen molar-refractivity contribution in [2.24, 2.45) is 0 Å². The molecular weight excluding hydrogens is 234 g/mol. The Balaban J connectivity index is 2.24. The van der Waals surface area contributed by atoms with Gasteiger partial charge < -0.3 is 10.4 Å². The van der Waals surface area contributed by atoms with Crippen LogP contribution >= 0.6 is 11.6 Å². The van der Waals surface area contributed by atoms with Crippen molar-refractivity contribution in [2.45, 2.75) is 37.2 Å². The minimum atomic E-state index is -0.118. The van der Waals surface area contributed by atoms with Gasteiger partial charge in [0.25, 0.3) is 0 Å². The van der Waals surface area contributed by atoms with E-state index in [1.165, 1.54) is 5.56 Å². The third-order valence-corrected chi connectivity index (χ3v) is 4.14. The number of halogens is 1. The second-order valence-corrected chi connectivity index (χ2v) is 5.49. The maximum Gasteiger partial charge on any atom is 0.0541 e. The summed E-state index contributed by atoms with van der Waals surface area (Å²) in [6, 6.07) is 8.16. The fourth-order valence-electron chi connectivity index (χ4n) is 2.86. The van der Waals surface area contributed by atoms with Gasteiger partial charge in [0.1, 0.15) is 0 Å². The van der Waals surface area contributed by atoms with Crippen molar-refractivity contribution >= 4 is 11.6 Å². The van der Waals surface area contributed by atoms with E-state index >= 15 is 0 Å². The molecule has 0 atom stereocenters. The lowest BCUT2D eigenvalue weighted by Gasteiger charge is -2.39. The number of benzene rings is 1. The second-order valence-electron chi connectivity index (χ2n) is 5.05. The maximum atomic E-state index is 9.66. The Labute approximate surface area is 108 Å².